The minimum atomic E-state index is 0.193. The van der Waals surface area contributed by atoms with Crippen molar-refractivity contribution in [1.29, 1.82) is 0 Å². The first-order valence-corrected chi connectivity index (χ1v) is 9.64. The Balaban J connectivity index is 0.000000924. The number of piperidine rings is 1. The number of carbonyl (C=O) groups is 1. The van der Waals surface area contributed by atoms with Crippen molar-refractivity contribution in [3.63, 3.8) is 0 Å². The van der Waals surface area contributed by atoms with Gasteiger partial charge in [-0.05, 0) is 24.3 Å². The second-order valence-electron chi connectivity index (χ2n) is 6.77. The highest BCUT2D eigenvalue weighted by Gasteiger charge is 2.30. The Kier molecular flexibility index (Phi) is 6.48. The topological polar surface area (TPSA) is 32.8 Å². The number of nitrogens with zero attached hydrogens (tertiary/aromatic N) is 2. The van der Waals surface area contributed by atoms with Gasteiger partial charge in [0.25, 0.3) is 5.91 Å². The zero-order valence-electron chi connectivity index (χ0n) is 14.9. The van der Waals surface area contributed by atoms with Crippen LogP contribution in [0.4, 0.5) is 5.00 Å². The lowest BCUT2D eigenvalue weighted by Gasteiger charge is -2.38. The van der Waals surface area contributed by atoms with Gasteiger partial charge >= 0.3 is 0 Å². The lowest BCUT2D eigenvalue weighted by molar-refractivity contribution is 0.0584. The molecule has 2 aliphatic heterocycles. The average Bonchev–Trinajstić information content (AvgIpc) is 3.06. The highest BCUT2D eigenvalue weighted by Crippen LogP contribution is 2.31. The number of carbonyl (C=O) groups excluding carboxylic acids is 1. The Hall–Kier alpha value is -1.07. The van der Waals surface area contributed by atoms with Crippen LogP contribution in [0.2, 0.25) is 0 Å². The molecule has 5 heteroatoms. The van der Waals surface area contributed by atoms with E-state index in [-0.39, 0.29) is 11.3 Å². The van der Waals surface area contributed by atoms with E-state index in [4.69, 9.17) is 4.74 Å². The van der Waals surface area contributed by atoms with Gasteiger partial charge in [-0.2, -0.15) is 0 Å². The molecule has 1 amide bonds. The number of hydrogen-bond acceptors (Lipinski definition) is 4. The molecule has 0 radical (unpaired) electrons. The number of amides is 1. The lowest BCUT2D eigenvalue weighted by atomic mass is 9.84. The molecule has 1 aromatic rings. The largest absolute Gasteiger partial charge is 0.378 e. The van der Waals surface area contributed by atoms with E-state index in [0.717, 1.165) is 51.4 Å². The fourth-order valence-corrected chi connectivity index (χ4v) is 4.11. The van der Waals surface area contributed by atoms with Gasteiger partial charge in [0.05, 0.1) is 23.8 Å². The Bertz CT molecular complexity index is 507. The molecule has 0 saturated carbocycles. The quantitative estimate of drug-likeness (QED) is 0.820. The number of hydrogen-bond donors (Lipinski definition) is 0. The van der Waals surface area contributed by atoms with Crippen LogP contribution >= 0.6 is 11.3 Å². The molecule has 130 valence electrons. The SMILES string of the molecule is CC.CC1(C)CCCN(C(=O)c2csc(N3CCOCC3)c2)C1. The molecular formula is C18H30N2O2S. The zero-order chi connectivity index (χ0) is 16.9. The van der Waals surface area contributed by atoms with Gasteiger partial charge in [-0.3, -0.25) is 4.79 Å². The number of ether oxygens (including phenoxy) is 1. The van der Waals surface area contributed by atoms with Gasteiger partial charge in [-0.15, -0.1) is 11.3 Å². The lowest BCUT2D eigenvalue weighted by Crippen LogP contribution is -2.43. The van der Waals surface area contributed by atoms with Gasteiger partial charge in [-0.25, -0.2) is 0 Å². The second-order valence-corrected chi connectivity index (χ2v) is 7.66. The number of likely N-dealkylation sites (tertiary alicyclic amines) is 1. The van der Waals surface area contributed by atoms with Crippen LogP contribution in [0.5, 0.6) is 0 Å². The zero-order valence-corrected chi connectivity index (χ0v) is 15.7. The summed E-state index contributed by atoms with van der Waals surface area (Å²) in [5.74, 6) is 0.193. The van der Waals surface area contributed by atoms with E-state index in [1.165, 1.54) is 11.4 Å². The summed E-state index contributed by atoms with van der Waals surface area (Å²) in [5.41, 5.74) is 1.09. The van der Waals surface area contributed by atoms with Crippen LogP contribution in [0, 0.1) is 5.41 Å². The summed E-state index contributed by atoms with van der Waals surface area (Å²) in [4.78, 5) is 17.0. The first kappa shape index (κ1) is 18.3. The minimum absolute atomic E-state index is 0.193. The Labute approximate surface area is 144 Å². The van der Waals surface area contributed by atoms with Gasteiger partial charge in [0.1, 0.15) is 0 Å². The first-order valence-electron chi connectivity index (χ1n) is 8.76. The van der Waals surface area contributed by atoms with Gasteiger partial charge in [0, 0.05) is 31.6 Å². The normalized spacial score (nSPS) is 20.7. The first-order chi connectivity index (χ1) is 11.1. The third kappa shape index (κ3) is 4.70. The maximum Gasteiger partial charge on any atom is 0.254 e. The van der Waals surface area contributed by atoms with Crippen molar-refractivity contribution in [3.05, 3.63) is 17.0 Å². The predicted molar refractivity (Wildman–Crippen MR) is 97.6 cm³/mol. The number of thiophene rings is 1. The monoisotopic (exact) mass is 338 g/mol. The minimum Gasteiger partial charge on any atom is -0.378 e. The van der Waals surface area contributed by atoms with Crippen LogP contribution in [0.3, 0.4) is 0 Å². The van der Waals surface area contributed by atoms with Crippen molar-refractivity contribution in [2.45, 2.75) is 40.5 Å². The third-order valence-electron chi connectivity index (χ3n) is 4.34. The summed E-state index contributed by atoms with van der Waals surface area (Å²) in [6, 6.07) is 2.06. The van der Waals surface area contributed by atoms with Crippen LogP contribution in [0.1, 0.15) is 50.9 Å². The van der Waals surface area contributed by atoms with E-state index < -0.39 is 0 Å². The summed E-state index contributed by atoms with van der Waals surface area (Å²) in [7, 11) is 0. The van der Waals surface area contributed by atoms with E-state index in [1.807, 2.05) is 24.1 Å². The van der Waals surface area contributed by atoms with Crippen molar-refractivity contribution in [2.75, 3.05) is 44.3 Å². The second kappa shape index (κ2) is 8.15. The molecular weight excluding hydrogens is 308 g/mol. The van der Waals surface area contributed by atoms with E-state index >= 15 is 0 Å². The fraction of sp³-hybridized carbons (Fsp3) is 0.722. The highest BCUT2D eigenvalue weighted by atomic mass is 32.1. The van der Waals surface area contributed by atoms with E-state index in [2.05, 4.69) is 24.8 Å². The molecule has 0 bridgehead atoms. The third-order valence-corrected chi connectivity index (χ3v) is 5.33. The predicted octanol–water partition coefficient (Wildman–Crippen LogP) is 3.87. The molecule has 0 atom stereocenters. The van der Waals surface area contributed by atoms with Crippen LogP contribution < -0.4 is 4.90 Å². The van der Waals surface area contributed by atoms with Crippen molar-refractivity contribution in [1.82, 2.24) is 4.90 Å². The molecule has 2 fully saturated rings. The standard InChI is InChI=1S/C16H24N2O2S.C2H6/c1-16(2)4-3-5-18(12-16)15(19)13-10-14(21-11-13)17-6-8-20-9-7-17;1-2/h10-11H,3-9,12H2,1-2H3;1-2H3. The Morgan fingerprint density at radius 1 is 1.22 bits per heavy atom. The van der Waals surface area contributed by atoms with Crippen molar-refractivity contribution in [2.24, 2.45) is 5.41 Å². The summed E-state index contributed by atoms with van der Waals surface area (Å²) < 4.78 is 5.38. The molecule has 3 heterocycles. The smallest absolute Gasteiger partial charge is 0.254 e. The molecule has 23 heavy (non-hydrogen) atoms. The van der Waals surface area contributed by atoms with Gasteiger partial charge < -0.3 is 14.5 Å². The van der Waals surface area contributed by atoms with E-state index in [0.29, 0.717) is 0 Å². The van der Waals surface area contributed by atoms with Crippen LogP contribution in [0.15, 0.2) is 11.4 Å². The van der Waals surface area contributed by atoms with E-state index in [1.54, 1.807) is 11.3 Å². The van der Waals surface area contributed by atoms with Crippen LogP contribution in [0.25, 0.3) is 0 Å². The number of rotatable bonds is 2. The molecule has 0 aromatic carbocycles. The van der Waals surface area contributed by atoms with Crippen LogP contribution in [-0.2, 0) is 4.74 Å². The van der Waals surface area contributed by atoms with Gasteiger partial charge in [0.15, 0.2) is 0 Å². The molecule has 0 spiro atoms. The van der Waals surface area contributed by atoms with Gasteiger partial charge in [0.2, 0.25) is 0 Å². The van der Waals surface area contributed by atoms with E-state index in [9.17, 15) is 4.79 Å². The summed E-state index contributed by atoms with van der Waals surface area (Å²) in [5, 5.41) is 3.20. The number of anilines is 1. The summed E-state index contributed by atoms with van der Waals surface area (Å²) in [6.07, 6.45) is 2.32. The maximum atomic E-state index is 12.7. The van der Waals surface area contributed by atoms with Crippen molar-refractivity contribution >= 4 is 22.2 Å². The molecule has 0 aliphatic carbocycles. The number of morpholine rings is 1. The van der Waals surface area contributed by atoms with Crippen molar-refractivity contribution in [3.8, 4) is 0 Å². The summed E-state index contributed by atoms with van der Waals surface area (Å²) in [6.45, 7) is 13.7. The Morgan fingerprint density at radius 3 is 2.57 bits per heavy atom. The molecule has 3 rings (SSSR count). The molecule has 0 unspecified atom stereocenters. The molecule has 4 nitrogen and oxygen atoms in total. The molecule has 2 aliphatic rings. The van der Waals surface area contributed by atoms with Gasteiger partial charge in [-0.1, -0.05) is 27.7 Å². The highest BCUT2D eigenvalue weighted by molar-refractivity contribution is 7.14. The van der Waals surface area contributed by atoms with Crippen LogP contribution in [-0.4, -0.2) is 50.2 Å². The molecule has 1 aromatic heterocycles. The average molecular weight is 339 g/mol. The molecule has 2 saturated heterocycles. The fourth-order valence-electron chi connectivity index (χ4n) is 3.17. The summed E-state index contributed by atoms with van der Waals surface area (Å²) >= 11 is 1.67. The van der Waals surface area contributed by atoms with Crippen molar-refractivity contribution < 1.29 is 9.53 Å². The molecule has 0 N–H and O–H groups in total. The Morgan fingerprint density at radius 2 is 1.91 bits per heavy atom. The maximum absolute atomic E-state index is 12.7.